The van der Waals surface area contributed by atoms with Gasteiger partial charge in [-0.25, -0.2) is 13.4 Å². The van der Waals surface area contributed by atoms with Crippen LogP contribution in [0.15, 0.2) is 16.3 Å². The summed E-state index contributed by atoms with van der Waals surface area (Å²) in [5, 5.41) is 6.32. The SMILES string of the molecule is CCCNCc1cc(S(=O)(=O)NN(C)C)cs1. The number of hydrazine groups is 1. The van der Waals surface area contributed by atoms with Gasteiger partial charge < -0.3 is 5.32 Å². The fourth-order valence-electron chi connectivity index (χ4n) is 1.28. The smallest absolute Gasteiger partial charge is 0.254 e. The molecule has 0 fully saturated rings. The third-order valence-electron chi connectivity index (χ3n) is 1.97. The van der Waals surface area contributed by atoms with Gasteiger partial charge in [-0.1, -0.05) is 6.92 Å². The van der Waals surface area contributed by atoms with E-state index in [1.165, 1.54) is 16.3 Å². The Morgan fingerprint density at radius 3 is 2.71 bits per heavy atom. The molecule has 0 aliphatic rings. The van der Waals surface area contributed by atoms with E-state index in [2.05, 4.69) is 17.1 Å². The number of hydrogen-bond donors (Lipinski definition) is 2. The van der Waals surface area contributed by atoms with Gasteiger partial charge in [-0.2, -0.15) is 0 Å². The van der Waals surface area contributed by atoms with Crippen molar-refractivity contribution in [3.63, 3.8) is 0 Å². The summed E-state index contributed by atoms with van der Waals surface area (Å²) in [6.07, 6.45) is 1.07. The second-order valence-electron chi connectivity index (χ2n) is 3.91. The van der Waals surface area contributed by atoms with Crippen LogP contribution in [0.3, 0.4) is 0 Å². The molecule has 17 heavy (non-hydrogen) atoms. The molecule has 1 aromatic heterocycles. The first-order valence-electron chi connectivity index (χ1n) is 5.43. The van der Waals surface area contributed by atoms with Gasteiger partial charge in [0.1, 0.15) is 0 Å². The molecule has 1 aromatic rings. The molecule has 0 atom stereocenters. The molecule has 0 saturated heterocycles. The predicted molar refractivity (Wildman–Crippen MR) is 70.3 cm³/mol. The van der Waals surface area contributed by atoms with E-state index >= 15 is 0 Å². The molecular formula is C10H19N3O2S2. The number of sulfonamides is 1. The van der Waals surface area contributed by atoms with Crippen LogP contribution in [0, 0.1) is 0 Å². The summed E-state index contributed by atoms with van der Waals surface area (Å²) in [5.41, 5.74) is 0. The third kappa shape index (κ3) is 4.72. The molecular weight excluding hydrogens is 258 g/mol. The van der Waals surface area contributed by atoms with Crippen molar-refractivity contribution in [1.29, 1.82) is 0 Å². The third-order valence-corrected chi connectivity index (χ3v) is 4.52. The van der Waals surface area contributed by atoms with Crippen LogP contribution in [-0.2, 0) is 16.6 Å². The van der Waals surface area contributed by atoms with E-state index < -0.39 is 10.0 Å². The van der Waals surface area contributed by atoms with Crippen molar-refractivity contribution in [2.45, 2.75) is 24.8 Å². The second-order valence-corrected chi connectivity index (χ2v) is 6.57. The molecule has 2 N–H and O–H groups in total. The number of nitrogens with zero attached hydrogens (tertiary/aromatic N) is 1. The lowest BCUT2D eigenvalue weighted by atomic mass is 10.4. The van der Waals surface area contributed by atoms with Crippen molar-refractivity contribution >= 4 is 21.4 Å². The minimum Gasteiger partial charge on any atom is -0.312 e. The van der Waals surface area contributed by atoms with Gasteiger partial charge in [-0.3, -0.25) is 0 Å². The molecule has 0 bridgehead atoms. The summed E-state index contributed by atoms with van der Waals surface area (Å²) < 4.78 is 23.6. The highest BCUT2D eigenvalue weighted by atomic mass is 32.2. The van der Waals surface area contributed by atoms with Crippen molar-refractivity contribution < 1.29 is 8.42 Å². The van der Waals surface area contributed by atoms with Crippen LogP contribution in [0.5, 0.6) is 0 Å². The molecule has 0 saturated carbocycles. The van der Waals surface area contributed by atoms with Gasteiger partial charge in [0, 0.05) is 30.9 Å². The van der Waals surface area contributed by atoms with E-state index in [1.807, 2.05) is 0 Å². The maximum atomic E-state index is 11.8. The quantitative estimate of drug-likeness (QED) is 0.577. The summed E-state index contributed by atoms with van der Waals surface area (Å²) in [7, 11) is -0.118. The molecule has 0 aliphatic heterocycles. The van der Waals surface area contributed by atoms with Crippen molar-refractivity contribution in [3.05, 3.63) is 16.3 Å². The van der Waals surface area contributed by atoms with Gasteiger partial charge in [-0.05, 0) is 19.0 Å². The number of hydrogen-bond acceptors (Lipinski definition) is 5. The van der Waals surface area contributed by atoms with Crippen LogP contribution >= 0.6 is 11.3 Å². The van der Waals surface area contributed by atoms with Gasteiger partial charge in [0.15, 0.2) is 0 Å². The first kappa shape index (κ1) is 14.6. The minimum atomic E-state index is -3.41. The average Bonchev–Trinajstić information content (AvgIpc) is 2.65. The van der Waals surface area contributed by atoms with E-state index in [1.54, 1.807) is 25.5 Å². The van der Waals surface area contributed by atoms with Crippen molar-refractivity contribution in [2.75, 3.05) is 20.6 Å². The molecule has 0 spiro atoms. The first-order valence-corrected chi connectivity index (χ1v) is 7.80. The second kappa shape index (κ2) is 6.46. The highest BCUT2D eigenvalue weighted by molar-refractivity contribution is 7.89. The lowest BCUT2D eigenvalue weighted by Gasteiger charge is -2.10. The predicted octanol–water partition coefficient (Wildman–Crippen LogP) is 1.00. The lowest BCUT2D eigenvalue weighted by molar-refractivity contribution is 0.364. The van der Waals surface area contributed by atoms with Crippen LogP contribution in [0.1, 0.15) is 18.2 Å². The van der Waals surface area contributed by atoms with Gasteiger partial charge in [0.25, 0.3) is 10.0 Å². The Bertz CT molecular complexity index is 440. The fourth-order valence-corrected chi connectivity index (χ4v) is 3.60. The summed E-state index contributed by atoms with van der Waals surface area (Å²) in [6.45, 7) is 3.75. The Morgan fingerprint density at radius 2 is 2.12 bits per heavy atom. The molecule has 98 valence electrons. The Kier molecular flexibility index (Phi) is 5.54. The van der Waals surface area contributed by atoms with Gasteiger partial charge in [0.2, 0.25) is 0 Å². The number of thiophene rings is 1. The monoisotopic (exact) mass is 277 g/mol. The van der Waals surface area contributed by atoms with Gasteiger partial charge >= 0.3 is 0 Å². The molecule has 7 heteroatoms. The standard InChI is InChI=1S/C10H19N3O2S2/c1-4-5-11-7-9-6-10(8-16-9)17(14,15)12-13(2)3/h6,8,11-12H,4-5,7H2,1-3H3. The fraction of sp³-hybridized carbons (Fsp3) is 0.600. The zero-order valence-corrected chi connectivity index (χ0v) is 12.0. The van der Waals surface area contributed by atoms with E-state index in [4.69, 9.17) is 0 Å². The molecule has 0 radical (unpaired) electrons. The molecule has 0 aliphatic carbocycles. The minimum absolute atomic E-state index is 0.324. The average molecular weight is 277 g/mol. The maximum Gasteiger partial charge on any atom is 0.254 e. The Morgan fingerprint density at radius 1 is 1.41 bits per heavy atom. The lowest BCUT2D eigenvalue weighted by Crippen LogP contribution is -2.35. The Balaban J connectivity index is 2.67. The normalized spacial score (nSPS) is 12.2. The van der Waals surface area contributed by atoms with Crippen LogP contribution in [0.25, 0.3) is 0 Å². The molecule has 0 unspecified atom stereocenters. The van der Waals surface area contributed by atoms with Crippen LogP contribution in [0.4, 0.5) is 0 Å². The van der Waals surface area contributed by atoms with E-state index in [-0.39, 0.29) is 0 Å². The topological polar surface area (TPSA) is 61.4 Å². The van der Waals surface area contributed by atoms with E-state index in [9.17, 15) is 8.42 Å². The van der Waals surface area contributed by atoms with Crippen molar-refractivity contribution in [1.82, 2.24) is 15.2 Å². The van der Waals surface area contributed by atoms with Gasteiger partial charge in [-0.15, -0.1) is 16.2 Å². The largest absolute Gasteiger partial charge is 0.312 e. The number of rotatable bonds is 7. The first-order chi connectivity index (χ1) is 7.95. The van der Waals surface area contributed by atoms with Crippen molar-refractivity contribution in [3.8, 4) is 0 Å². The molecule has 0 amide bonds. The molecule has 1 rings (SSSR count). The molecule has 5 nitrogen and oxygen atoms in total. The van der Waals surface area contributed by atoms with Crippen molar-refractivity contribution in [2.24, 2.45) is 0 Å². The van der Waals surface area contributed by atoms with Gasteiger partial charge in [0.05, 0.1) is 4.90 Å². The van der Waals surface area contributed by atoms with E-state index in [0.29, 0.717) is 4.90 Å². The highest BCUT2D eigenvalue weighted by Crippen LogP contribution is 2.19. The zero-order valence-electron chi connectivity index (χ0n) is 10.4. The summed E-state index contributed by atoms with van der Waals surface area (Å²) >= 11 is 1.45. The zero-order chi connectivity index (χ0) is 12.9. The maximum absolute atomic E-state index is 11.8. The molecule has 0 aromatic carbocycles. The number of nitrogens with one attached hydrogen (secondary N) is 2. The summed E-state index contributed by atoms with van der Waals surface area (Å²) in [4.78, 5) is 3.76. The molecule has 1 heterocycles. The summed E-state index contributed by atoms with van der Waals surface area (Å²) in [6, 6.07) is 1.71. The van der Waals surface area contributed by atoms with E-state index in [0.717, 1.165) is 24.4 Å². The van der Waals surface area contributed by atoms with Crippen LogP contribution in [0.2, 0.25) is 0 Å². The highest BCUT2D eigenvalue weighted by Gasteiger charge is 2.16. The Hall–Kier alpha value is -0.470. The van der Waals surface area contributed by atoms with Crippen LogP contribution < -0.4 is 10.1 Å². The summed E-state index contributed by atoms with van der Waals surface area (Å²) in [5.74, 6) is 0. The van der Waals surface area contributed by atoms with Crippen LogP contribution in [-0.4, -0.2) is 34.1 Å². The Labute approximate surface area is 107 Å².